The second-order valence-corrected chi connectivity index (χ2v) is 5.68. The molecule has 1 atom stereocenters. The van der Waals surface area contributed by atoms with Gasteiger partial charge >= 0.3 is 0 Å². The second-order valence-electron chi connectivity index (χ2n) is 5.68. The maximum atomic E-state index is 11.9. The van der Waals surface area contributed by atoms with Crippen molar-refractivity contribution in [3.63, 3.8) is 0 Å². The highest BCUT2D eigenvalue weighted by atomic mass is 16.5. The molecular weight excluding hydrogens is 280 g/mol. The first-order chi connectivity index (χ1) is 10.5. The van der Waals surface area contributed by atoms with Crippen molar-refractivity contribution in [1.82, 2.24) is 5.32 Å². The maximum absolute atomic E-state index is 11.9. The largest absolute Gasteiger partial charge is 0.497 e. The van der Waals surface area contributed by atoms with E-state index in [-0.39, 0.29) is 5.91 Å². The molecule has 0 aliphatic rings. The Hall–Kier alpha value is -1.59. The Balaban J connectivity index is 2.14. The molecule has 0 spiro atoms. The highest BCUT2D eigenvalue weighted by Crippen LogP contribution is 2.12. The van der Waals surface area contributed by atoms with Crippen molar-refractivity contribution in [2.75, 3.05) is 20.3 Å². The molecule has 1 unspecified atom stereocenters. The molecule has 0 radical (unpaired) electrons. The molecule has 3 N–H and O–H groups in total. The van der Waals surface area contributed by atoms with E-state index in [0.29, 0.717) is 26.2 Å². The van der Waals surface area contributed by atoms with E-state index in [4.69, 9.17) is 15.2 Å². The molecule has 0 bridgehead atoms. The fourth-order valence-electron chi connectivity index (χ4n) is 2.12. The summed E-state index contributed by atoms with van der Waals surface area (Å²) in [5.74, 6) is 0.743. The van der Waals surface area contributed by atoms with Gasteiger partial charge in [0.1, 0.15) is 5.75 Å². The number of methoxy groups -OCH3 is 1. The molecule has 0 aliphatic heterocycles. The third-order valence-corrected chi connectivity index (χ3v) is 3.47. The van der Waals surface area contributed by atoms with Crippen LogP contribution in [0.4, 0.5) is 0 Å². The van der Waals surface area contributed by atoms with Gasteiger partial charge in [0.25, 0.3) is 0 Å². The first-order valence-electron chi connectivity index (χ1n) is 7.77. The molecule has 1 aromatic carbocycles. The van der Waals surface area contributed by atoms with Crippen molar-refractivity contribution in [3.8, 4) is 5.75 Å². The summed E-state index contributed by atoms with van der Waals surface area (Å²) in [6.07, 6.45) is 2.35. The molecule has 5 heteroatoms. The molecular formula is C17H28N2O3. The van der Waals surface area contributed by atoms with Gasteiger partial charge in [-0.2, -0.15) is 0 Å². The van der Waals surface area contributed by atoms with E-state index >= 15 is 0 Å². The topological polar surface area (TPSA) is 73.6 Å². The molecule has 0 heterocycles. The summed E-state index contributed by atoms with van der Waals surface area (Å²) in [5, 5.41) is 2.86. The summed E-state index contributed by atoms with van der Waals surface area (Å²) < 4.78 is 10.7. The van der Waals surface area contributed by atoms with Crippen molar-refractivity contribution >= 4 is 5.91 Å². The van der Waals surface area contributed by atoms with Crippen LogP contribution in [0.3, 0.4) is 0 Å². The number of carbonyl (C=O) groups is 1. The number of ether oxygens (including phenoxy) is 2. The maximum Gasteiger partial charge on any atom is 0.239 e. The standard InChI is InChI=1S/C17H28N2O3/c1-4-10-17(2,18)16(20)19-11-5-12-22-13-14-6-8-15(21-3)9-7-14/h6-9H,4-5,10-13,18H2,1-3H3,(H,19,20). The van der Waals surface area contributed by atoms with E-state index < -0.39 is 5.54 Å². The van der Waals surface area contributed by atoms with E-state index in [1.807, 2.05) is 31.2 Å². The van der Waals surface area contributed by atoms with Crippen LogP contribution in [0.1, 0.15) is 38.7 Å². The molecule has 124 valence electrons. The zero-order valence-electron chi connectivity index (χ0n) is 13.9. The number of rotatable bonds is 10. The fourth-order valence-corrected chi connectivity index (χ4v) is 2.12. The van der Waals surface area contributed by atoms with Crippen molar-refractivity contribution in [2.24, 2.45) is 5.73 Å². The van der Waals surface area contributed by atoms with Crippen LogP contribution in [-0.4, -0.2) is 31.7 Å². The number of hydrogen-bond donors (Lipinski definition) is 2. The smallest absolute Gasteiger partial charge is 0.239 e. The van der Waals surface area contributed by atoms with Crippen LogP contribution in [-0.2, 0) is 16.1 Å². The highest BCUT2D eigenvalue weighted by Gasteiger charge is 2.26. The van der Waals surface area contributed by atoms with Crippen LogP contribution in [0.15, 0.2) is 24.3 Å². The van der Waals surface area contributed by atoms with Crippen molar-refractivity contribution < 1.29 is 14.3 Å². The van der Waals surface area contributed by atoms with Crippen LogP contribution in [0.25, 0.3) is 0 Å². The minimum Gasteiger partial charge on any atom is -0.497 e. The Kier molecular flexibility index (Phi) is 7.91. The molecule has 0 saturated heterocycles. The predicted octanol–water partition coefficient (Wildman–Crippen LogP) is 2.24. The number of hydrogen-bond acceptors (Lipinski definition) is 4. The Labute approximate surface area is 133 Å². The second kappa shape index (κ2) is 9.43. The van der Waals surface area contributed by atoms with E-state index in [9.17, 15) is 4.79 Å². The number of benzene rings is 1. The molecule has 1 aromatic rings. The van der Waals surface area contributed by atoms with Crippen molar-refractivity contribution in [3.05, 3.63) is 29.8 Å². The van der Waals surface area contributed by atoms with Gasteiger partial charge in [-0.1, -0.05) is 25.5 Å². The Bertz CT molecular complexity index is 444. The molecule has 0 saturated carbocycles. The van der Waals surface area contributed by atoms with Gasteiger partial charge in [0.2, 0.25) is 5.91 Å². The summed E-state index contributed by atoms with van der Waals surface area (Å²) >= 11 is 0. The van der Waals surface area contributed by atoms with Gasteiger partial charge in [-0.05, 0) is 37.5 Å². The average Bonchev–Trinajstić information content (AvgIpc) is 2.51. The van der Waals surface area contributed by atoms with Gasteiger partial charge in [-0.25, -0.2) is 0 Å². The summed E-state index contributed by atoms with van der Waals surface area (Å²) in [5.41, 5.74) is 6.28. The SMILES string of the molecule is CCCC(C)(N)C(=O)NCCCOCc1ccc(OC)cc1. The molecule has 5 nitrogen and oxygen atoms in total. The summed E-state index contributed by atoms with van der Waals surface area (Å²) in [4.78, 5) is 11.9. The first kappa shape index (κ1) is 18.5. The quantitative estimate of drug-likeness (QED) is 0.650. The predicted molar refractivity (Wildman–Crippen MR) is 87.8 cm³/mol. The lowest BCUT2D eigenvalue weighted by Gasteiger charge is -2.22. The van der Waals surface area contributed by atoms with E-state index in [1.54, 1.807) is 14.0 Å². The van der Waals surface area contributed by atoms with Crippen LogP contribution in [0, 0.1) is 0 Å². The Morgan fingerprint density at radius 3 is 2.59 bits per heavy atom. The number of carbonyl (C=O) groups excluding carboxylic acids is 1. The normalized spacial score (nSPS) is 13.5. The minimum atomic E-state index is -0.779. The molecule has 0 fully saturated rings. The van der Waals surface area contributed by atoms with Crippen molar-refractivity contribution in [2.45, 2.75) is 45.3 Å². The molecule has 0 aromatic heterocycles. The lowest BCUT2D eigenvalue weighted by Crippen LogP contribution is -2.51. The minimum absolute atomic E-state index is 0.0931. The van der Waals surface area contributed by atoms with Gasteiger partial charge in [-0.15, -0.1) is 0 Å². The summed E-state index contributed by atoms with van der Waals surface area (Å²) in [6, 6.07) is 7.78. The molecule has 22 heavy (non-hydrogen) atoms. The number of nitrogens with one attached hydrogen (secondary N) is 1. The van der Waals surface area contributed by atoms with Gasteiger partial charge < -0.3 is 20.5 Å². The Morgan fingerprint density at radius 2 is 2.00 bits per heavy atom. The first-order valence-corrected chi connectivity index (χ1v) is 7.77. The van der Waals surface area contributed by atoms with Gasteiger partial charge in [-0.3, -0.25) is 4.79 Å². The number of nitrogens with two attached hydrogens (primary N) is 1. The van der Waals surface area contributed by atoms with Gasteiger partial charge in [0, 0.05) is 13.2 Å². The van der Waals surface area contributed by atoms with E-state index in [0.717, 1.165) is 24.2 Å². The van der Waals surface area contributed by atoms with Crippen LogP contribution >= 0.6 is 0 Å². The fraction of sp³-hybridized carbons (Fsp3) is 0.588. The third-order valence-electron chi connectivity index (χ3n) is 3.47. The van der Waals surface area contributed by atoms with Crippen LogP contribution < -0.4 is 15.8 Å². The number of amides is 1. The Morgan fingerprint density at radius 1 is 1.32 bits per heavy atom. The molecule has 1 amide bonds. The van der Waals surface area contributed by atoms with E-state index in [1.165, 1.54) is 0 Å². The van der Waals surface area contributed by atoms with Gasteiger partial charge in [0.05, 0.1) is 19.3 Å². The van der Waals surface area contributed by atoms with Crippen LogP contribution in [0.2, 0.25) is 0 Å². The average molecular weight is 308 g/mol. The summed E-state index contributed by atoms with van der Waals surface area (Å²) in [6.45, 7) is 5.53. The highest BCUT2D eigenvalue weighted by molar-refractivity contribution is 5.85. The van der Waals surface area contributed by atoms with Crippen LogP contribution in [0.5, 0.6) is 5.75 Å². The zero-order chi connectivity index (χ0) is 16.4. The molecule has 1 rings (SSSR count). The van der Waals surface area contributed by atoms with Crippen molar-refractivity contribution in [1.29, 1.82) is 0 Å². The zero-order valence-corrected chi connectivity index (χ0v) is 13.9. The molecule has 0 aliphatic carbocycles. The summed E-state index contributed by atoms with van der Waals surface area (Å²) in [7, 11) is 1.65. The lowest BCUT2D eigenvalue weighted by molar-refractivity contribution is -0.126. The van der Waals surface area contributed by atoms with E-state index in [2.05, 4.69) is 5.32 Å². The monoisotopic (exact) mass is 308 g/mol. The van der Waals surface area contributed by atoms with Gasteiger partial charge in [0.15, 0.2) is 0 Å². The third kappa shape index (κ3) is 6.45. The lowest BCUT2D eigenvalue weighted by atomic mass is 9.96.